The topological polar surface area (TPSA) is 64.6 Å². The summed E-state index contributed by atoms with van der Waals surface area (Å²) in [4.78, 5) is 22.7. The zero-order valence-electron chi connectivity index (χ0n) is 9.08. The van der Waals surface area contributed by atoms with Crippen molar-refractivity contribution in [2.45, 2.75) is 6.92 Å². The van der Waals surface area contributed by atoms with Crippen LogP contribution in [0.4, 0.5) is 5.69 Å². The number of benzene rings is 1. The molecule has 0 atom stereocenters. The van der Waals surface area contributed by atoms with Crippen molar-refractivity contribution in [3.63, 3.8) is 0 Å². The summed E-state index contributed by atoms with van der Waals surface area (Å²) in [6.45, 7) is 1.47. The van der Waals surface area contributed by atoms with Gasteiger partial charge in [-0.25, -0.2) is 0 Å². The van der Waals surface area contributed by atoms with Crippen molar-refractivity contribution >= 4 is 29.0 Å². The van der Waals surface area contributed by atoms with E-state index in [4.69, 9.17) is 21.1 Å². The van der Waals surface area contributed by atoms with Crippen LogP contribution >= 0.6 is 11.6 Å². The predicted molar refractivity (Wildman–Crippen MR) is 61.9 cm³/mol. The molecule has 1 aromatic rings. The molecule has 1 aromatic carbocycles. The van der Waals surface area contributed by atoms with Gasteiger partial charge >= 0.3 is 0 Å². The molecule has 0 bridgehead atoms. The Bertz CT molecular complexity index is 487. The van der Waals surface area contributed by atoms with Gasteiger partial charge < -0.3 is 14.8 Å². The van der Waals surface area contributed by atoms with E-state index in [1.54, 1.807) is 6.07 Å². The summed E-state index contributed by atoms with van der Waals surface area (Å²) in [5.41, 5.74) is 0.701. The zero-order valence-corrected chi connectivity index (χ0v) is 9.84. The number of hydrogen-bond acceptors (Lipinski definition) is 4. The summed E-state index contributed by atoms with van der Waals surface area (Å²) >= 11 is 5.51. The number of fused-ring (bicyclic) bond motifs is 1. The van der Waals surface area contributed by atoms with E-state index in [-0.39, 0.29) is 24.4 Å². The summed E-state index contributed by atoms with van der Waals surface area (Å²) in [6.07, 6.45) is 0. The molecule has 6 heteroatoms. The highest BCUT2D eigenvalue weighted by Gasteiger charge is 2.20. The standard InChI is InChI=1S/C11H10ClNO4/c1-6(14)13-8-3-11-10(16-5-17-11)2-7(8)9(15)4-12/h2-3H,4-5H2,1H3,(H,13,14). The number of alkyl halides is 1. The Morgan fingerprint density at radius 3 is 2.59 bits per heavy atom. The van der Waals surface area contributed by atoms with Crippen molar-refractivity contribution in [2.24, 2.45) is 0 Å². The first-order valence-electron chi connectivity index (χ1n) is 4.92. The fourth-order valence-corrected chi connectivity index (χ4v) is 1.68. The first kappa shape index (κ1) is 11.7. The summed E-state index contributed by atoms with van der Waals surface area (Å²) < 4.78 is 10.3. The smallest absolute Gasteiger partial charge is 0.231 e. The van der Waals surface area contributed by atoms with Crippen LogP contribution in [0.3, 0.4) is 0 Å². The average Bonchev–Trinajstić information content (AvgIpc) is 2.73. The van der Waals surface area contributed by atoms with Gasteiger partial charge in [-0.05, 0) is 6.07 Å². The zero-order chi connectivity index (χ0) is 12.4. The van der Waals surface area contributed by atoms with E-state index in [1.165, 1.54) is 13.0 Å². The number of rotatable bonds is 3. The molecule has 1 aliphatic heterocycles. The predicted octanol–water partition coefficient (Wildman–Crippen LogP) is 1.80. The van der Waals surface area contributed by atoms with Crippen molar-refractivity contribution in [3.8, 4) is 11.5 Å². The van der Waals surface area contributed by atoms with Crippen LogP contribution in [0.2, 0.25) is 0 Å². The van der Waals surface area contributed by atoms with Gasteiger partial charge in [0.1, 0.15) is 0 Å². The number of Topliss-reactive ketones (excluding diaryl/α,β-unsaturated/α-hetero) is 1. The van der Waals surface area contributed by atoms with Crippen molar-refractivity contribution in [1.29, 1.82) is 0 Å². The molecular formula is C11H10ClNO4. The Morgan fingerprint density at radius 1 is 1.35 bits per heavy atom. The van der Waals surface area contributed by atoms with Gasteiger partial charge in [0.25, 0.3) is 0 Å². The minimum atomic E-state index is -0.284. The van der Waals surface area contributed by atoms with Gasteiger partial charge in [-0.3, -0.25) is 9.59 Å². The molecule has 0 spiro atoms. The van der Waals surface area contributed by atoms with E-state index >= 15 is 0 Å². The molecule has 0 radical (unpaired) electrons. The number of carbonyl (C=O) groups is 2. The third-order valence-electron chi connectivity index (χ3n) is 2.25. The molecule has 0 aromatic heterocycles. The number of halogens is 1. The lowest BCUT2D eigenvalue weighted by atomic mass is 10.1. The van der Waals surface area contributed by atoms with Gasteiger partial charge in [0.2, 0.25) is 12.7 Å². The van der Waals surface area contributed by atoms with E-state index < -0.39 is 0 Å². The Kier molecular flexibility index (Phi) is 3.19. The lowest BCUT2D eigenvalue weighted by molar-refractivity contribution is -0.114. The Labute approximate surface area is 103 Å². The molecule has 90 valence electrons. The molecular weight excluding hydrogens is 246 g/mol. The maximum Gasteiger partial charge on any atom is 0.231 e. The Morgan fingerprint density at radius 2 is 2.00 bits per heavy atom. The summed E-state index contributed by atoms with van der Waals surface area (Å²) in [7, 11) is 0. The molecule has 0 saturated heterocycles. The molecule has 0 saturated carbocycles. The lowest BCUT2D eigenvalue weighted by Gasteiger charge is -2.09. The van der Waals surface area contributed by atoms with Crippen LogP contribution in [0.15, 0.2) is 12.1 Å². The van der Waals surface area contributed by atoms with E-state index in [0.29, 0.717) is 22.7 Å². The fraction of sp³-hybridized carbons (Fsp3) is 0.273. The normalized spacial score (nSPS) is 12.4. The summed E-state index contributed by atoms with van der Waals surface area (Å²) in [5.74, 6) is 0.264. The van der Waals surface area contributed by atoms with Crippen molar-refractivity contribution in [3.05, 3.63) is 17.7 Å². The number of carbonyl (C=O) groups excluding carboxylic acids is 2. The van der Waals surface area contributed by atoms with E-state index in [9.17, 15) is 9.59 Å². The van der Waals surface area contributed by atoms with Gasteiger partial charge in [-0.15, -0.1) is 11.6 Å². The van der Waals surface area contributed by atoms with Gasteiger partial charge in [-0.2, -0.15) is 0 Å². The highest BCUT2D eigenvalue weighted by atomic mass is 35.5. The Hall–Kier alpha value is -1.75. The van der Waals surface area contributed by atoms with Crippen LogP contribution < -0.4 is 14.8 Å². The van der Waals surface area contributed by atoms with Crippen LogP contribution in [-0.4, -0.2) is 24.4 Å². The third-order valence-corrected chi connectivity index (χ3v) is 2.49. The number of amides is 1. The molecule has 1 amide bonds. The summed E-state index contributed by atoms with van der Waals surface area (Å²) in [6, 6.07) is 3.09. The van der Waals surface area contributed by atoms with E-state index in [1.807, 2.05) is 0 Å². The summed E-state index contributed by atoms with van der Waals surface area (Å²) in [5, 5.41) is 2.56. The molecule has 0 fully saturated rings. The number of ketones is 1. The number of hydrogen-bond donors (Lipinski definition) is 1. The van der Waals surface area contributed by atoms with Crippen LogP contribution in [-0.2, 0) is 4.79 Å². The first-order valence-corrected chi connectivity index (χ1v) is 5.45. The lowest BCUT2D eigenvalue weighted by Crippen LogP contribution is -2.11. The van der Waals surface area contributed by atoms with Crippen LogP contribution in [0.5, 0.6) is 11.5 Å². The maximum atomic E-state index is 11.6. The Balaban J connectivity index is 2.46. The largest absolute Gasteiger partial charge is 0.454 e. The monoisotopic (exact) mass is 255 g/mol. The molecule has 1 aliphatic rings. The minimum absolute atomic E-state index is 0.105. The number of nitrogens with one attached hydrogen (secondary N) is 1. The quantitative estimate of drug-likeness (QED) is 0.661. The van der Waals surface area contributed by atoms with Gasteiger partial charge in [-0.1, -0.05) is 0 Å². The van der Waals surface area contributed by atoms with Gasteiger partial charge in [0.05, 0.1) is 11.6 Å². The SMILES string of the molecule is CC(=O)Nc1cc2c(cc1C(=O)CCl)OCO2. The molecule has 1 N–H and O–H groups in total. The second-order valence-corrected chi connectivity index (χ2v) is 3.76. The van der Waals surface area contributed by atoms with Crippen LogP contribution in [0, 0.1) is 0 Å². The second-order valence-electron chi connectivity index (χ2n) is 3.49. The third kappa shape index (κ3) is 2.34. The molecule has 0 unspecified atom stereocenters. The van der Waals surface area contributed by atoms with Crippen LogP contribution in [0.1, 0.15) is 17.3 Å². The number of anilines is 1. The average molecular weight is 256 g/mol. The molecule has 2 rings (SSSR count). The maximum absolute atomic E-state index is 11.6. The fourth-order valence-electron chi connectivity index (χ4n) is 1.54. The molecule has 5 nitrogen and oxygen atoms in total. The van der Waals surface area contributed by atoms with Crippen LogP contribution in [0.25, 0.3) is 0 Å². The minimum Gasteiger partial charge on any atom is -0.454 e. The van der Waals surface area contributed by atoms with E-state index in [2.05, 4.69) is 5.32 Å². The van der Waals surface area contributed by atoms with Crippen molar-refractivity contribution in [2.75, 3.05) is 18.0 Å². The highest BCUT2D eigenvalue weighted by molar-refractivity contribution is 6.31. The van der Waals surface area contributed by atoms with Crippen molar-refractivity contribution in [1.82, 2.24) is 0 Å². The van der Waals surface area contributed by atoms with Gasteiger partial charge in [0.15, 0.2) is 17.3 Å². The van der Waals surface area contributed by atoms with Gasteiger partial charge in [0, 0.05) is 18.6 Å². The first-order chi connectivity index (χ1) is 8.11. The van der Waals surface area contributed by atoms with Crippen molar-refractivity contribution < 1.29 is 19.1 Å². The second kappa shape index (κ2) is 4.63. The molecule has 1 heterocycles. The number of ether oxygens (including phenoxy) is 2. The molecule has 0 aliphatic carbocycles. The van der Waals surface area contributed by atoms with E-state index in [0.717, 1.165) is 0 Å². The highest BCUT2D eigenvalue weighted by Crippen LogP contribution is 2.37. The molecule has 17 heavy (non-hydrogen) atoms.